The summed E-state index contributed by atoms with van der Waals surface area (Å²) >= 11 is 0. The number of para-hydroxylation sites is 1. The van der Waals surface area contributed by atoms with Gasteiger partial charge in [-0.15, -0.1) is 22.6 Å². The van der Waals surface area contributed by atoms with E-state index in [1.165, 1.54) is 7.11 Å². The van der Waals surface area contributed by atoms with Crippen LogP contribution in [-0.4, -0.2) is 54.2 Å². The Balaban J connectivity index is 0.00000210. The number of sulfonamides is 1. The van der Waals surface area contributed by atoms with Crippen LogP contribution in [0.2, 0.25) is 0 Å². The number of nitrogens with one attached hydrogen (secondary N) is 1. The lowest BCUT2D eigenvalue weighted by atomic mass is 9.97. The van der Waals surface area contributed by atoms with Crippen molar-refractivity contribution in [1.82, 2.24) is 24.4 Å². The molecule has 0 aliphatic carbocycles. The first kappa shape index (κ1) is 20.1. The fraction of sp³-hybridized carbons (Fsp3) is 0.529. The van der Waals surface area contributed by atoms with Gasteiger partial charge in [-0.05, 0) is 25.0 Å². The van der Waals surface area contributed by atoms with E-state index in [4.69, 9.17) is 4.74 Å². The smallest absolute Gasteiger partial charge is 0.246 e. The third kappa shape index (κ3) is 3.69. The summed E-state index contributed by atoms with van der Waals surface area (Å²) in [5.74, 6) is 2.60. The summed E-state index contributed by atoms with van der Waals surface area (Å²) in [6.45, 7) is 3.49. The summed E-state index contributed by atoms with van der Waals surface area (Å²) in [7, 11) is -2.07. The molecular formula is C17H24ClN5O3S. The summed E-state index contributed by atoms with van der Waals surface area (Å²) in [5, 5.41) is 11.9. The van der Waals surface area contributed by atoms with Gasteiger partial charge in [-0.3, -0.25) is 0 Å². The summed E-state index contributed by atoms with van der Waals surface area (Å²) < 4.78 is 35.0. The highest BCUT2D eigenvalue weighted by Gasteiger charge is 2.33. The average Bonchev–Trinajstić information content (AvgIpc) is 3.12. The molecule has 2 aromatic rings. The second-order valence-electron chi connectivity index (χ2n) is 6.63. The quantitative estimate of drug-likeness (QED) is 0.814. The first-order valence-corrected chi connectivity index (χ1v) is 10.3. The third-order valence-corrected chi connectivity index (χ3v) is 7.10. The molecule has 1 saturated heterocycles. The Morgan fingerprint density at radius 1 is 1.15 bits per heavy atom. The second-order valence-corrected chi connectivity index (χ2v) is 8.54. The number of ether oxygens (including phenoxy) is 1. The zero-order valence-corrected chi connectivity index (χ0v) is 16.8. The number of aromatic nitrogens is 3. The predicted molar refractivity (Wildman–Crippen MR) is 103 cm³/mol. The maximum absolute atomic E-state index is 13.0. The number of hydrogen-bond donors (Lipinski definition) is 1. The Hall–Kier alpha value is -1.68. The summed E-state index contributed by atoms with van der Waals surface area (Å²) in [6.07, 6.45) is 1.50. The summed E-state index contributed by atoms with van der Waals surface area (Å²) in [4.78, 5) is 0.229. The van der Waals surface area contributed by atoms with Gasteiger partial charge in [-0.2, -0.15) is 4.31 Å². The number of halogens is 1. The molecule has 4 rings (SSSR count). The molecule has 1 fully saturated rings. The number of rotatable bonds is 4. The van der Waals surface area contributed by atoms with Crippen molar-refractivity contribution in [2.75, 3.05) is 26.7 Å². The van der Waals surface area contributed by atoms with E-state index in [2.05, 4.69) is 20.1 Å². The minimum atomic E-state index is -3.56. The third-order valence-electron chi connectivity index (χ3n) is 5.16. The Morgan fingerprint density at radius 3 is 2.63 bits per heavy atom. The zero-order valence-electron chi connectivity index (χ0n) is 15.2. The molecule has 0 radical (unpaired) electrons. The van der Waals surface area contributed by atoms with Crippen LogP contribution < -0.4 is 10.1 Å². The summed E-state index contributed by atoms with van der Waals surface area (Å²) in [5.41, 5.74) is 0. The Bertz CT molecular complexity index is 894. The maximum Gasteiger partial charge on any atom is 0.246 e. The van der Waals surface area contributed by atoms with Gasteiger partial charge in [0.25, 0.3) is 0 Å². The van der Waals surface area contributed by atoms with Gasteiger partial charge in [-0.1, -0.05) is 12.1 Å². The first-order valence-electron chi connectivity index (χ1n) is 8.87. The van der Waals surface area contributed by atoms with E-state index in [-0.39, 0.29) is 23.2 Å². The van der Waals surface area contributed by atoms with Crippen LogP contribution in [0.15, 0.2) is 29.2 Å². The van der Waals surface area contributed by atoms with Crippen LogP contribution in [0.25, 0.3) is 0 Å². The van der Waals surface area contributed by atoms with Crippen LogP contribution in [0.5, 0.6) is 5.75 Å². The molecule has 27 heavy (non-hydrogen) atoms. The minimum Gasteiger partial charge on any atom is -0.495 e. The predicted octanol–water partition coefficient (Wildman–Crippen LogP) is 1.38. The largest absolute Gasteiger partial charge is 0.495 e. The SMILES string of the molecule is COc1ccccc1S(=O)(=O)N1CCC(c2nnc3n2CCNC3)CC1.Cl. The Kier molecular flexibility index (Phi) is 6.05. The fourth-order valence-corrected chi connectivity index (χ4v) is 5.37. The van der Waals surface area contributed by atoms with E-state index in [9.17, 15) is 8.42 Å². The van der Waals surface area contributed by atoms with Crippen molar-refractivity contribution >= 4 is 22.4 Å². The Labute approximate surface area is 165 Å². The van der Waals surface area contributed by atoms with Crippen LogP contribution in [0.3, 0.4) is 0 Å². The molecule has 0 saturated carbocycles. The molecule has 0 atom stereocenters. The lowest BCUT2D eigenvalue weighted by molar-refractivity contribution is 0.305. The van der Waals surface area contributed by atoms with Crippen molar-refractivity contribution in [2.45, 2.75) is 36.7 Å². The van der Waals surface area contributed by atoms with Crippen molar-refractivity contribution in [3.63, 3.8) is 0 Å². The molecule has 2 aliphatic heterocycles. The topological polar surface area (TPSA) is 89.4 Å². The van der Waals surface area contributed by atoms with E-state index < -0.39 is 10.0 Å². The number of methoxy groups -OCH3 is 1. The average molecular weight is 414 g/mol. The molecule has 3 heterocycles. The molecular weight excluding hydrogens is 390 g/mol. The molecule has 0 unspecified atom stereocenters. The number of hydrogen-bond acceptors (Lipinski definition) is 6. The molecule has 1 N–H and O–H groups in total. The van der Waals surface area contributed by atoms with Crippen molar-refractivity contribution in [3.05, 3.63) is 35.9 Å². The van der Waals surface area contributed by atoms with Gasteiger partial charge in [-0.25, -0.2) is 8.42 Å². The lowest BCUT2D eigenvalue weighted by Crippen LogP contribution is -2.39. The van der Waals surface area contributed by atoms with Crippen molar-refractivity contribution in [2.24, 2.45) is 0 Å². The second kappa shape index (κ2) is 8.14. The van der Waals surface area contributed by atoms with Gasteiger partial charge >= 0.3 is 0 Å². The molecule has 2 aliphatic rings. The normalized spacial score (nSPS) is 18.6. The molecule has 10 heteroatoms. The van der Waals surface area contributed by atoms with Gasteiger partial charge in [0.05, 0.1) is 13.7 Å². The van der Waals surface area contributed by atoms with Gasteiger partial charge in [0.2, 0.25) is 10.0 Å². The highest BCUT2D eigenvalue weighted by Crippen LogP contribution is 2.32. The van der Waals surface area contributed by atoms with Crippen LogP contribution in [0.1, 0.15) is 30.4 Å². The van der Waals surface area contributed by atoms with Gasteiger partial charge in [0.15, 0.2) is 0 Å². The first-order chi connectivity index (χ1) is 12.6. The summed E-state index contributed by atoms with van der Waals surface area (Å²) in [6, 6.07) is 6.77. The van der Waals surface area contributed by atoms with Crippen molar-refractivity contribution < 1.29 is 13.2 Å². The lowest BCUT2D eigenvalue weighted by Gasteiger charge is -2.31. The van der Waals surface area contributed by atoms with E-state index in [0.717, 1.165) is 44.1 Å². The van der Waals surface area contributed by atoms with Gasteiger partial charge < -0.3 is 14.6 Å². The monoisotopic (exact) mass is 413 g/mol. The standard InChI is InChI=1S/C17H23N5O3S.ClH/c1-25-14-4-2-3-5-15(14)26(23,24)21-9-6-13(7-10-21)17-20-19-16-12-18-8-11-22(16)17;/h2-5,13,18H,6-12H2,1H3;1H. The van der Waals surface area contributed by atoms with Crippen LogP contribution in [-0.2, 0) is 23.1 Å². The van der Waals surface area contributed by atoms with Crippen molar-refractivity contribution in [1.29, 1.82) is 0 Å². The molecule has 1 aromatic heterocycles. The minimum absolute atomic E-state index is 0. The number of benzene rings is 1. The highest BCUT2D eigenvalue weighted by molar-refractivity contribution is 7.89. The molecule has 0 amide bonds. The maximum atomic E-state index is 13.0. The number of fused-ring (bicyclic) bond motifs is 1. The highest BCUT2D eigenvalue weighted by atomic mass is 35.5. The van der Waals surface area contributed by atoms with Crippen molar-refractivity contribution in [3.8, 4) is 5.75 Å². The van der Waals surface area contributed by atoms with Gasteiger partial charge in [0.1, 0.15) is 22.3 Å². The van der Waals surface area contributed by atoms with E-state index >= 15 is 0 Å². The van der Waals surface area contributed by atoms with Crippen LogP contribution >= 0.6 is 12.4 Å². The fourth-order valence-electron chi connectivity index (χ4n) is 3.74. The number of nitrogens with zero attached hydrogens (tertiary/aromatic N) is 4. The van der Waals surface area contributed by atoms with Crippen LogP contribution in [0.4, 0.5) is 0 Å². The molecule has 148 valence electrons. The Morgan fingerprint density at radius 2 is 1.89 bits per heavy atom. The van der Waals surface area contributed by atoms with E-state index in [1.54, 1.807) is 28.6 Å². The molecule has 0 spiro atoms. The molecule has 0 bridgehead atoms. The van der Waals surface area contributed by atoms with E-state index in [1.807, 2.05) is 0 Å². The molecule has 1 aromatic carbocycles. The molecule has 8 nitrogen and oxygen atoms in total. The zero-order chi connectivity index (χ0) is 18.1. The number of piperidine rings is 1. The van der Waals surface area contributed by atoms with E-state index in [0.29, 0.717) is 18.8 Å². The van der Waals surface area contributed by atoms with Gasteiger partial charge in [0, 0.05) is 32.1 Å². The van der Waals surface area contributed by atoms with Crippen LogP contribution in [0, 0.1) is 0 Å².